The van der Waals surface area contributed by atoms with Crippen molar-refractivity contribution < 1.29 is 8.78 Å². The second kappa shape index (κ2) is 4.18. The third kappa shape index (κ3) is 1.73. The van der Waals surface area contributed by atoms with E-state index in [1.165, 1.54) is 12.1 Å². The molecule has 0 bridgehead atoms. The van der Waals surface area contributed by atoms with E-state index in [0.717, 1.165) is 16.9 Å². The van der Waals surface area contributed by atoms with Gasteiger partial charge in [-0.1, -0.05) is 24.3 Å². The van der Waals surface area contributed by atoms with E-state index in [1.807, 2.05) is 4.40 Å². The number of fused-ring (bicyclic) bond motifs is 1. The molecule has 0 aliphatic rings. The Bertz CT molecular complexity index is 674. The molecule has 3 nitrogen and oxygen atoms in total. The average Bonchev–Trinajstić information content (AvgIpc) is 2.82. The number of imidazole rings is 1. The van der Waals surface area contributed by atoms with E-state index in [1.54, 1.807) is 36.9 Å². The van der Waals surface area contributed by atoms with Crippen molar-refractivity contribution in [2.24, 2.45) is 0 Å². The summed E-state index contributed by atoms with van der Waals surface area (Å²) in [6, 6.07) is 6.21. The lowest BCUT2D eigenvalue weighted by molar-refractivity contribution is 0.151. The predicted octanol–water partition coefficient (Wildman–Crippen LogP) is 3.33. The molecule has 0 aliphatic heterocycles. The Balaban J connectivity index is 2.09. The van der Waals surface area contributed by atoms with Gasteiger partial charge >= 0.3 is 0 Å². The zero-order valence-corrected chi connectivity index (χ0v) is 9.29. The summed E-state index contributed by atoms with van der Waals surface area (Å²) in [7, 11) is 0. The Kier molecular flexibility index (Phi) is 2.51. The maximum Gasteiger partial charge on any atom is 0.263 e. The standard InChI is InChI=1S/C13H9F2N3/c14-13(15)10-3-1-9(2-4-10)11-7-17-12-8-16-5-6-18(11)12/h1-8,13H. The minimum atomic E-state index is -2.44. The van der Waals surface area contributed by atoms with Crippen LogP contribution in [0, 0.1) is 0 Å². The lowest BCUT2D eigenvalue weighted by Crippen LogP contribution is -1.89. The third-order valence-electron chi connectivity index (χ3n) is 2.78. The zero-order chi connectivity index (χ0) is 12.5. The van der Waals surface area contributed by atoms with Gasteiger partial charge in [0.15, 0.2) is 5.65 Å². The monoisotopic (exact) mass is 245 g/mol. The van der Waals surface area contributed by atoms with Crippen molar-refractivity contribution in [3.8, 4) is 11.3 Å². The molecule has 3 rings (SSSR count). The molecule has 3 aromatic rings. The maximum atomic E-state index is 12.5. The van der Waals surface area contributed by atoms with Gasteiger partial charge in [-0.3, -0.25) is 9.38 Å². The van der Waals surface area contributed by atoms with Crippen LogP contribution < -0.4 is 0 Å². The Hall–Kier alpha value is -2.30. The molecule has 2 aromatic heterocycles. The molecule has 0 saturated carbocycles. The normalized spacial score (nSPS) is 11.3. The summed E-state index contributed by atoms with van der Waals surface area (Å²) in [5.41, 5.74) is 2.45. The fraction of sp³-hybridized carbons (Fsp3) is 0.0769. The molecular formula is C13H9F2N3. The predicted molar refractivity (Wildman–Crippen MR) is 63.4 cm³/mol. The van der Waals surface area contributed by atoms with Crippen LogP contribution in [0.1, 0.15) is 12.0 Å². The minimum Gasteiger partial charge on any atom is -0.297 e. The van der Waals surface area contributed by atoms with Crippen LogP contribution in [0.5, 0.6) is 0 Å². The molecule has 18 heavy (non-hydrogen) atoms. The van der Waals surface area contributed by atoms with E-state index in [9.17, 15) is 8.78 Å². The molecule has 5 heteroatoms. The molecule has 0 N–H and O–H groups in total. The number of hydrogen-bond acceptors (Lipinski definition) is 2. The Labute approximate surface area is 102 Å². The Morgan fingerprint density at radius 2 is 1.83 bits per heavy atom. The molecule has 0 aliphatic carbocycles. The van der Waals surface area contributed by atoms with Gasteiger partial charge in [0.25, 0.3) is 6.43 Å². The van der Waals surface area contributed by atoms with Crippen LogP contribution in [-0.2, 0) is 0 Å². The smallest absolute Gasteiger partial charge is 0.263 e. The number of halogens is 2. The van der Waals surface area contributed by atoms with Crippen LogP contribution in [-0.4, -0.2) is 14.4 Å². The Morgan fingerprint density at radius 3 is 2.56 bits per heavy atom. The summed E-state index contributed by atoms with van der Waals surface area (Å²) in [5.74, 6) is 0. The number of benzene rings is 1. The van der Waals surface area contributed by atoms with E-state index in [-0.39, 0.29) is 5.56 Å². The molecular weight excluding hydrogens is 236 g/mol. The SMILES string of the molecule is FC(F)c1ccc(-c2cnc3cnccn23)cc1. The van der Waals surface area contributed by atoms with Crippen LogP contribution in [0.25, 0.3) is 16.9 Å². The number of rotatable bonds is 2. The van der Waals surface area contributed by atoms with Gasteiger partial charge in [0.05, 0.1) is 18.1 Å². The second-order valence-corrected chi connectivity index (χ2v) is 3.87. The lowest BCUT2D eigenvalue weighted by atomic mass is 10.1. The first-order valence-electron chi connectivity index (χ1n) is 5.41. The molecule has 0 amide bonds. The van der Waals surface area contributed by atoms with Gasteiger partial charge in [-0.2, -0.15) is 0 Å². The summed E-state index contributed by atoms with van der Waals surface area (Å²) in [6.45, 7) is 0. The molecule has 0 spiro atoms. The molecule has 1 aromatic carbocycles. The quantitative estimate of drug-likeness (QED) is 0.693. The highest BCUT2D eigenvalue weighted by Crippen LogP contribution is 2.24. The van der Waals surface area contributed by atoms with Crippen molar-refractivity contribution in [2.75, 3.05) is 0 Å². The van der Waals surface area contributed by atoms with E-state index < -0.39 is 6.43 Å². The summed E-state index contributed by atoms with van der Waals surface area (Å²) in [6.07, 6.45) is 4.36. The molecule has 0 saturated heterocycles. The van der Waals surface area contributed by atoms with E-state index in [4.69, 9.17) is 0 Å². The van der Waals surface area contributed by atoms with Gasteiger partial charge in [0.2, 0.25) is 0 Å². The fourth-order valence-corrected chi connectivity index (χ4v) is 1.86. The van der Waals surface area contributed by atoms with E-state index in [2.05, 4.69) is 9.97 Å². The number of hydrogen-bond donors (Lipinski definition) is 0. The summed E-state index contributed by atoms with van der Waals surface area (Å²) in [5, 5.41) is 0. The first-order valence-corrected chi connectivity index (χ1v) is 5.41. The van der Waals surface area contributed by atoms with Gasteiger partial charge in [-0.25, -0.2) is 13.8 Å². The van der Waals surface area contributed by atoms with Crippen LogP contribution in [0.4, 0.5) is 8.78 Å². The average molecular weight is 245 g/mol. The van der Waals surface area contributed by atoms with Crippen LogP contribution in [0.3, 0.4) is 0 Å². The number of alkyl halides is 2. The molecule has 0 radical (unpaired) electrons. The third-order valence-corrected chi connectivity index (χ3v) is 2.78. The first kappa shape index (κ1) is 10.8. The van der Waals surface area contributed by atoms with Crippen LogP contribution >= 0.6 is 0 Å². The van der Waals surface area contributed by atoms with Gasteiger partial charge in [0.1, 0.15) is 0 Å². The largest absolute Gasteiger partial charge is 0.297 e. The molecule has 0 atom stereocenters. The molecule has 90 valence electrons. The topological polar surface area (TPSA) is 30.2 Å². The van der Waals surface area contributed by atoms with Gasteiger partial charge in [-0.05, 0) is 0 Å². The van der Waals surface area contributed by atoms with Crippen molar-refractivity contribution in [1.29, 1.82) is 0 Å². The number of aromatic nitrogens is 3. The highest BCUT2D eigenvalue weighted by atomic mass is 19.3. The highest BCUT2D eigenvalue weighted by molar-refractivity contribution is 5.63. The second-order valence-electron chi connectivity index (χ2n) is 3.87. The number of nitrogens with zero attached hydrogens (tertiary/aromatic N) is 3. The van der Waals surface area contributed by atoms with Gasteiger partial charge in [-0.15, -0.1) is 0 Å². The summed E-state index contributed by atoms with van der Waals surface area (Å²) >= 11 is 0. The Morgan fingerprint density at radius 1 is 1.06 bits per heavy atom. The van der Waals surface area contributed by atoms with Crippen molar-refractivity contribution in [2.45, 2.75) is 6.43 Å². The van der Waals surface area contributed by atoms with Crippen molar-refractivity contribution >= 4 is 5.65 Å². The van der Waals surface area contributed by atoms with Crippen molar-refractivity contribution in [3.05, 3.63) is 54.6 Å². The summed E-state index contributed by atoms with van der Waals surface area (Å²) < 4.78 is 26.8. The molecule has 0 fully saturated rings. The van der Waals surface area contributed by atoms with E-state index >= 15 is 0 Å². The molecule has 2 heterocycles. The van der Waals surface area contributed by atoms with Crippen molar-refractivity contribution in [1.82, 2.24) is 14.4 Å². The highest BCUT2D eigenvalue weighted by Gasteiger charge is 2.09. The van der Waals surface area contributed by atoms with Crippen LogP contribution in [0.15, 0.2) is 49.1 Å². The van der Waals surface area contributed by atoms with Gasteiger partial charge in [0, 0.05) is 23.5 Å². The fourth-order valence-electron chi connectivity index (χ4n) is 1.86. The lowest BCUT2D eigenvalue weighted by Gasteiger charge is -2.03. The zero-order valence-electron chi connectivity index (χ0n) is 9.29. The van der Waals surface area contributed by atoms with Gasteiger partial charge < -0.3 is 0 Å². The maximum absolute atomic E-state index is 12.5. The van der Waals surface area contributed by atoms with Crippen molar-refractivity contribution in [3.63, 3.8) is 0 Å². The molecule has 0 unspecified atom stereocenters. The van der Waals surface area contributed by atoms with Crippen LogP contribution in [0.2, 0.25) is 0 Å². The first-order chi connectivity index (χ1) is 8.75. The minimum absolute atomic E-state index is 0.0224. The summed E-state index contributed by atoms with van der Waals surface area (Å²) in [4.78, 5) is 8.18. The van der Waals surface area contributed by atoms with E-state index in [0.29, 0.717) is 0 Å².